The van der Waals surface area contributed by atoms with E-state index >= 15 is 0 Å². The van der Waals surface area contributed by atoms with E-state index in [1.165, 1.54) is 6.42 Å². The summed E-state index contributed by atoms with van der Waals surface area (Å²) in [7, 11) is 0. The highest BCUT2D eigenvalue weighted by molar-refractivity contribution is 5.85. The van der Waals surface area contributed by atoms with E-state index in [1.54, 1.807) is 6.33 Å². The average Bonchev–Trinajstić information content (AvgIpc) is 3.36. The zero-order chi connectivity index (χ0) is 17.8. The summed E-state index contributed by atoms with van der Waals surface area (Å²) in [5.41, 5.74) is 4.06. The number of nitrogens with one attached hydrogen (secondary N) is 3. The van der Waals surface area contributed by atoms with Gasteiger partial charge in [-0.3, -0.25) is 4.79 Å². The van der Waals surface area contributed by atoms with Gasteiger partial charge in [0.25, 0.3) is 0 Å². The largest absolute Gasteiger partial charge is 0.345 e. The van der Waals surface area contributed by atoms with Crippen molar-refractivity contribution in [3.63, 3.8) is 0 Å². The zero-order valence-electron chi connectivity index (χ0n) is 15.6. The average molecular weight is 421 g/mol. The van der Waals surface area contributed by atoms with Gasteiger partial charge in [0.15, 0.2) is 0 Å². The second kappa shape index (κ2) is 10.5. The third-order valence-electron chi connectivity index (χ3n) is 5.16. The molecule has 1 aromatic heterocycles. The number of aromatic amines is 1. The third-order valence-corrected chi connectivity index (χ3v) is 5.16. The first kappa shape index (κ1) is 22.2. The first-order chi connectivity index (χ1) is 12.8. The van der Waals surface area contributed by atoms with Gasteiger partial charge in [-0.25, -0.2) is 4.98 Å². The number of aromatic nitrogens is 2. The molecule has 1 aliphatic rings. The Kier molecular flexibility index (Phi) is 8.30. The van der Waals surface area contributed by atoms with Crippen LogP contribution in [0.4, 0.5) is 0 Å². The summed E-state index contributed by atoms with van der Waals surface area (Å²) < 4.78 is 0. The number of nitrogens with zero attached hydrogens (tertiary/aromatic N) is 1. The molecule has 2 heterocycles. The summed E-state index contributed by atoms with van der Waals surface area (Å²) in [5, 5.41) is 6.60. The molecule has 3 N–H and O–H groups in total. The SMILES string of the molecule is Cl.Cl.O=C(CCC1CCNC1)NC(c1ccccc1)c1ccc2nc[nH]c2c1. The smallest absolute Gasteiger partial charge is 0.220 e. The molecule has 1 saturated heterocycles. The molecule has 0 spiro atoms. The van der Waals surface area contributed by atoms with E-state index in [9.17, 15) is 4.79 Å². The number of halogens is 2. The maximum atomic E-state index is 12.6. The van der Waals surface area contributed by atoms with Gasteiger partial charge >= 0.3 is 0 Å². The molecule has 2 atom stereocenters. The van der Waals surface area contributed by atoms with Crippen molar-refractivity contribution < 1.29 is 4.79 Å². The first-order valence-electron chi connectivity index (χ1n) is 9.27. The molecule has 0 saturated carbocycles. The minimum Gasteiger partial charge on any atom is -0.345 e. The van der Waals surface area contributed by atoms with Crippen LogP contribution >= 0.6 is 24.8 Å². The Morgan fingerprint density at radius 1 is 1.14 bits per heavy atom. The fourth-order valence-corrected chi connectivity index (χ4v) is 3.67. The van der Waals surface area contributed by atoms with E-state index in [0.717, 1.165) is 41.7 Å². The maximum Gasteiger partial charge on any atom is 0.220 e. The van der Waals surface area contributed by atoms with Gasteiger partial charge in [-0.15, -0.1) is 24.8 Å². The van der Waals surface area contributed by atoms with Crippen molar-refractivity contribution in [2.75, 3.05) is 13.1 Å². The number of rotatable bonds is 6. The van der Waals surface area contributed by atoms with Crippen molar-refractivity contribution in [1.29, 1.82) is 0 Å². The van der Waals surface area contributed by atoms with Crippen LogP contribution in [0.1, 0.15) is 36.4 Å². The number of benzene rings is 2. The molecule has 0 bridgehead atoms. The normalized spacial score (nSPS) is 16.8. The number of hydrogen-bond donors (Lipinski definition) is 3. The van der Waals surface area contributed by atoms with Crippen LogP contribution in [0.3, 0.4) is 0 Å². The van der Waals surface area contributed by atoms with Crippen molar-refractivity contribution in [2.45, 2.75) is 25.3 Å². The summed E-state index contributed by atoms with van der Waals surface area (Å²) in [4.78, 5) is 20.0. The van der Waals surface area contributed by atoms with E-state index in [0.29, 0.717) is 12.3 Å². The fourth-order valence-electron chi connectivity index (χ4n) is 3.67. The summed E-state index contributed by atoms with van der Waals surface area (Å²) in [6.07, 6.45) is 4.38. The number of carbonyl (C=O) groups is 1. The lowest BCUT2D eigenvalue weighted by Gasteiger charge is -2.20. The van der Waals surface area contributed by atoms with Crippen molar-refractivity contribution in [3.05, 3.63) is 66.0 Å². The molecule has 1 aliphatic heterocycles. The maximum absolute atomic E-state index is 12.6. The van der Waals surface area contributed by atoms with Crippen molar-refractivity contribution in [2.24, 2.45) is 5.92 Å². The van der Waals surface area contributed by atoms with E-state index in [1.807, 2.05) is 30.3 Å². The van der Waals surface area contributed by atoms with Gasteiger partial charge in [-0.2, -0.15) is 0 Å². The molecule has 0 aliphatic carbocycles. The van der Waals surface area contributed by atoms with Gasteiger partial charge in [0.1, 0.15) is 0 Å². The number of amides is 1. The van der Waals surface area contributed by atoms with Gasteiger partial charge in [0.05, 0.1) is 23.4 Å². The van der Waals surface area contributed by atoms with Gasteiger partial charge in [0, 0.05) is 6.42 Å². The first-order valence-corrected chi connectivity index (χ1v) is 9.27. The highest BCUT2D eigenvalue weighted by atomic mass is 35.5. The van der Waals surface area contributed by atoms with E-state index in [-0.39, 0.29) is 36.8 Å². The number of hydrogen-bond acceptors (Lipinski definition) is 3. The predicted molar refractivity (Wildman–Crippen MR) is 117 cm³/mol. The highest BCUT2D eigenvalue weighted by Gasteiger charge is 2.20. The Labute approximate surface area is 177 Å². The molecule has 2 unspecified atom stereocenters. The molecule has 2 aromatic carbocycles. The minimum absolute atomic E-state index is 0. The molecule has 1 amide bonds. The molecule has 4 rings (SSSR count). The van der Waals surface area contributed by atoms with Crippen LogP contribution in [0.2, 0.25) is 0 Å². The van der Waals surface area contributed by atoms with Gasteiger partial charge in [0.2, 0.25) is 5.91 Å². The van der Waals surface area contributed by atoms with Gasteiger partial charge < -0.3 is 15.6 Å². The Hall–Kier alpha value is -2.08. The highest BCUT2D eigenvalue weighted by Crippen LogP contribution is 2.25. The molecule has 28 heavy (non-hydrogen) atoms. The lowest BCUT2D eigenvalue weighted by atomic mass is 9.97. The van der Waals surface area contributed by atoms with Gasteiger partial charge in [-0.1, -0.05) is 36.4 Å². The van der Waals surface area contributed by atoms with Crippen LogP contribution in [0, 0.1) is 5.92 Å². The number of imidazole rings is 1. The van der Waals surface area contributed by atoms with Crippen LogP contribution < -0.4 is 10.6 Å². The van der Waals surface area contributed by atoms with Crippen LogP contribution in [0.25, 0.3) is 11.0 Å². The van der Waals surface area contributed by atoms with Gasteiger partial charge in [-0.05, 0) is 55.1 Å². The summed E-state index contributed by atoms with van der Waals surface area (Å²) in [6.45, 7) is 2.11. The van der Waals surface area contributed by atoms with Crippen molar-refractivity contribution >= 4 is 41.8 Å². The van der Waals surface area contributed by atoms with Crippen molar-refractivity contribution in [3.8, 4) is 0 Å². The molecule has 5 nitrogen and oxygen atoms in total. The predicted octanol–water partition coefficient (Wildman–Crippen LogP) is 4.00. The molecular weight excluding hydrogens is 395 g/mol. The zero-order valence-corrected chi connectivity index (χ0v) is 17.2. The van der Waals surface area contributed by atoms with Crippen LogP contribution in [0.15, 0.2) is 54.9 Å². The quantitative estimate of drug-likeness (QED) is 0.564. The molecule has 150 valence electrons. The third kappa shape index (κ3) is 5.25. The van der Waals surface area contributed by atoms with Crippen molar-refractivity contribution in [1.82, 2.24) is 20.6 Å². The summed E-state index contributed by atoms with van der Waals surface area (Å²) in [6, 6.07) is 16.1. The summed E-state index contributed by atoms with van der Waals surface area (Å²) in [5.74, 6) is 0.729. The molecule has 0 radical (unpaired) electrons. The molecule has 1 fully saturated rings. The number of carbonyl (C=O) groups excluding carboxylic acids is 1. The molecular formula is C21H26Cl2N4O. The lowest BCUT2D eigenvalue weighted by Crippen LogP contribution is -2.29. The fraction of sp³-hybridized carbons (Fsp3) is 0.333. The van der Waals surface area contributed by atoms with Crippen LogP contribution in [0.5, 0.6) is 0 Å². The monoisotopic (exact) mass is 420 g/mol. The Morgan fingerprint density at radius 3 is 2.71 bits per heavy atom. The molecule has 7 heteroatoms. The second-order valence-electron chi connectivity index (χ2n) is 6.99. The van der Waals surface area contributed by atoms with E-state index in [4.69, 9.17) is 0 Å². The van der Waals surface area contributed by atoms with Crippen LogP contribution in [-0.2, 0) is 4.79 Å². The minimum atomic E-state index is -0.155. The second-order valence-corrected chi connectivity index (χ2v) is 6.99. The Morgan fingerprint density at radius 2 is 1.96 bits per heavy atom. The number of H-pyrrole nitrogens is 1. The molecule has 3 aromatic rings. The summed E-state index contributed by atoms with van der Waals surface area (Å²) >= 11 is 0. The number of fused-ring (bicyclic) bond motifs is 1. The van der Waals surface area contributed by atoms with E-state index in [2.05, 4.69) is 38.8 Å². The lowest BCUT2D eigenvalue weighted by molar-refractivity contribution is -0.121. The Balaban J connectivity index is 0.00000140. The Bertz CT molecular complexity index is 878. The van der Waals surface area contributed by atoms with E-state index < -0.39 is 0 Å². The van der Waals surface area contributed by atoms with Crippen LogP contribution in [-0.4, -0.2) is 29.0 Å². The standard InChI is InChI=1S/C21H24N4O.2ClH/c26-20(9-6-15-10-11-22-13-15)25-21(16-4-2-1-3-5-16)17-7-8-18-19(12-17)24-14-23-18;;/h1-5,7-8,12,14-15,21-22H,6,9-11,13H2,(H,23,24)(H,25,26);2*1H. The topological polar surface area (TPSA) is 69.8 Å².